The number of benzene rings is 3. The Balaban J connectivity index is 1.30. The molecule has 3 aliphatic rings. The molecule has 48 heavy (non-hydrogen) atoms. The average molecular weight is 664 g/mol. The number of aryl methyl sites for hydroxylation is 2. The van der Waals surface area contributed by atoms with Crippen LogP contribution in [0.3, 0.4) is 0 Å². The summed E-state index contributed by atoms with van der Waals surface area (Å²) in [7, 11) is 0. The van der Waals surface area contributed by atoms with E-state index in [1.807, 2.05) is 36.4 Å². The minimum atomic E-state index is -4.21. The number of rotatable bonds is 8. The van der Waals surface area contributed by atoms with Crippen LogP contribution in [0.5, 0.6) is 0 Å². The van der Waals surface area contributed by atoms with E-state index in [4.69, 9.17) is 0 Å². The van der Waals surface area contributed by atoms with E-state index in [-0.39, 0.29) is 17.9 Å². The molecular formula is C39H45F4N3O2. The molecule has 1 N–H and O–H groups in total. The minimum absolute atomic E-state index is 0.00925. The smallest absolute Gasteiger partial charge is 0.371 e. The Morgan fingerprint density at radius 1 is 0.896 bits per heavy atom. The topological polar surface area (TPSA) is 52.7 Å². The van der Waals surface area contributed by atoms with Gasteiger partial charge in [-0.2, -0.15) is 13.2 Å². The highest BCUT2D eigenvalue weighted by Crippen LogP contribution is 2.45. The predicted molar refractivity (Wildman–Crippen MR) is 181 cm³/mol. The van der Waals surface area contributed by atoms with Gasteiger partial charge in [-0.3, -0.25) is 9.59 Å². The van der Waals surface area contributed by atoms with Crippen molar-refractivity contribution in [1.29, 1.82) is 0 Å². The molecule has 1 aliphatic carbocycles. The van der Waals surface area contributed by atoms with E-state index in [1.54, 1.807) is 24.0 Å². The van der Waals surface area contributed by atoms with Gasteiger partial charge in [0.25, 0.3) is 5.91 Å². The maximum absolute atomic E-state index is 15.1. The van der Waals surface area contributed by atoms with Gasteiger partial charge in [0.05, 0.1) is 23.4 Å². The molecule has 5 nitrogen and oxygen atoms in total. The molecule has 0 aromatic heterocycles. The largest absolute Gasteiger partial charge is 0.392 e. The first-order valence-corrected chi connectivity index (χ1v) is 17.5. The molecule has 0 radical (unpaired) electrons. The van der Waals surface area contributed by atoms with Gasteiger partial charge >= 0.3 is 6.18 Å². The van der Waals surface area contributed by atoms with E-state index in [0.717, 1.165) is 43.6 Å². The maximum Gasteiger partial charge on any atom is 0.392 e. The Kier molecular flexibility index (Phi) is 10.1. The monoisotopic (exact) mass is 663 g/mol. The maximum atomic E-state index is 15.1. The van der Waals surface area contributed by atoms with Crippen LogP contribution in [0.2, 0.25) is 0 Å². The van der Waals surface area contributed by atoms with Gasteiger partial charge in [-0.1, -0.05) is 55.8 Å². The third-order valence-electron chi connectivity index (χ3n) is 10.7. The fourth-order valence-corrected chi connectivity index (χ4v) is 8.25. The zero-order valence-electron chi connectivity index (χ0n) is 27.8. The summed E-state index contributed by atoms with van der Waals surface area (Å²) in [6, 6.07) is 17.2. The number of alkyl halides is 3. The fraction of sp³-hybridized carbons (Fsp3) is 0.487. The van der Waals surface area contributed by atoms with Gasteiger partial charge in [0.15, 0.2) is 0 Å². The van der Waals surface area contributed by atoms with Crippen LogP contribution in [0.15, 0.2) is 60.7 Å². The molecular weight excluding hydrogens is 618 g/mol. The lowest BCUT2D eigenvalue weighted by Gasteiger charge is -2.41. The molecule has 3 aromatic carbocycles. The predicted octanol–water partition coefficient (Wildman–Crippen LogP) is 9.05. The molecule has 2 heterocycles. The summed E-state index contributed by atoms with van der Waals surface area (Å²) in [6.45, 7) is 6.13. The van der Waals surface area contributed by atoms with E-state index < -0.39 is 41.7 Å². The van der Waals surface area contributed by atoms with Crippen LogP contribution in [0.1, 0.15) is 90.5 Å². The summed E-state index contributed by atoms with van der Waals surface area (Å²) in [4.78, 5) is 32.2. The third-order valence-corrected chi connectivity index (χ3v) is 10.7. The number of nitrogens with one attached hydrogen (secondary N) is 1. The molecule has 2 unspecified atom stereocenters. The summed E-state index contributed by atoms with van der Waals surface area (Å²) in [5, 5.41) is 3.14. The zero-order chi connectivity index (χ0) is 34.0. The summed E-state index contributed by atoms with van der Waals surface area (Å²) in [5.74, 6) is -3.68. The lowest BCUT2D eigenvalue weighted by atomic mass is 9.82. The SMILES string of the molecule is CCc1ccc(NC(=O)[C@H]2CCCN(C(=O)c3c(C)cccc3F)[C@H]2c2ccc(CC3CCCC3C(F)(F)F)cc2)cc1N1CCCC1. The molecule has 256 valence electrons. The number of carbonyl (C=O) groups is 2. The van der Waals surface area contributed by atoms with E-state index in [9.17, 15) is 22.8 Å². The summed E-state index contributed by atoms with van der Waals surface area (Å²) < 4.78 is 56.0. The molecule has 6 rings (SSSR count). The van der Waals surface area contributed by atoms with Gasteiger partial charge in [0.2, 0.25) is 5.91 Å². The van der Waals surface area contributed by atoms with Crippen molar-refractivity contribution < 1.29 is 27.2 Å². The Labute approximate surface area is 280 Å². The summed E-state index contributed by atoms with van der Waals surface area (Å²) in [6.07, 6.45) is 1.64. The van der Waals surface area contributed by atoms with Crippen LogP contribution < -0.4 is 10.2 Å². The number of amides is 2. The van der Waals surface area contributed by atoms with Crippen LogP contribution in [0, 0.1) is 30.5 Å². The molecule has 2 amide bonds. The number of nitrogens with zero attached hydrogens (tertiary/aromatic N) is 2. The lowest BCUT2D eigenvalue weighted by molar-refractivity contribution is -0.183. The lowest BCUT2D eigenvalue weighted by Crippen LogP contribution is -2.46. The second-order valence-electron chi connectivity index (χ2n) is 13.8. The van der Waals surface area contributed by atoms with Crippen molar-refractivity contribution in [2.24, 2.45) is 17.8 Å². The van der Waals surface area contributed by atoms with Gasteiger partial charge in [0, 0.05) is 31.0 Å². The molecule has 9 heteroatoms. The van der Waals surface area contributed by atoms with E-state index in [1.165, 1.54) is 11.6 Å². The highest BCUT2D eigenvalue weighted by atomic mass is 19.4. The number of anilines is 2. The van der Waals surface area contributed by atoms with Crippen molar-refractivity contribution >= 4 is 23.2 Å². The van der Waals surface area contributed by atoms with E-state index >= 15 is 4.39 Å². The van der Waals surface area contributed by atoms with Crippen LogP contribution >= 0.6 is 0 Å². The quantitative estimate of drug-likeness (QED) is 0.245. The first-order chi connectivity index (χ1) is 23.0. The van der Waals surface area contributed by atoms with Crippen molar-refractivity contribution in [3.05, 3.63) is 94.3 Å². The van der Waals surface area contributed by atoms with Crippen molar-refractivity contribution in [3.8, 4) is 0 Å². The number of hydrogen-bond donors (Lipinski definition) is 1. The number of halogens is 4. The first-order valence-electron chi connectivity index (χ1n) is 17.5. The Morgan fingerprint density at radius 3 is 2.33 bits per heavy atom. The van der Waals surface area contributed by atoms with Crippen molar-refractivity contribution in [2.45, 2.75) is 83.9 Å². The molecule has 3 fully saturated rings. The molecule has 1 saturated carbocycles. The highest BCUT2D eigenvalue weighted by molar-refractivity contribution is 5.98. The molecule has 4 atom stereocenters. The number of piperidine rings is 1. The summed E-state index contributed by atoms with van der Waals surface area (Å²) >= 11 is 0. The van der Waals surface area contributed by atoms with Gasteiger partial charge in [0.1, 0.15) is 5.82 Å². The van der Waals surface area contributed by atoms with Crippen molar-refractivity contribution in [3.63, 3.8) is 0 Å². The van der Waals surface area contributed by atoms with Gasteiger partial charge in [-0.25, -0.2) is 4.39 Å². The standard InChI is InChI=1S/C39H45F4N3O2/c1-3-27-18-19-30(24-34(27)45-20-4-5-21-45)44-37(47)31-11-8-22-46(38(48)35-25(2)9-6-13-33(35)40)36(31)28-16-14-26(15-17-28)23-29-10-7-12-32(29)39(41,42)43/h6,9,13-19,24,29,31-32,36H,3-5,7-8,10-12,20-23H2,1-2H3,(H,44,47)/t29?,31-,32?,36-/m0/s1. The fourth-order valence-electron chi connectivity index (χ4n) is 8.25. The average Bonchev–Trinajstić information content (AvgIpc) is 3.78. The van der Waals surface area contributed by atoms with Gasteiger partial charge in [-0.15, -0.1) is 0 Å². The van der Waals surface area contributed by atoms with Gasteiger partial charge < -0.3 is 15.1 Å². The van der Waals surface area contributed by atoms with Crippen molar-refractivity contribution in [1.82, 2.24) is 4.90 Å². The van der Waals surface area contributed by atoms with Crippen molar-refractivity contribution in [2.75, 3.05) is 29.9 Å². The van der Waals surface area contributed by atoms with Crippen LogP contribution in [0.25, 0.3) is 0 Å². The second kappa shape index (κ2) is 14.3. The Bertz CT molecular complexity index is 1600. The first kappa shape index (κ1) is 34.0. The second-order valence-corrected chi connectivity index (χ2v) is 13.8. The van der Waals surface area contributed by atoms with Crippen LogP contribution in [-0.2, 0) is 17.6 Å². The van der Waals surface area contributed by atoms with Crippen LogP contribution in [-0.4, -0.2) is 42.5 Å². The normalized spacial score (nSPS) is 23.0. The Morgan fingerprint density at radius 2 is 1.65 bits per heavy atom. The minimum Gasteiger partial charge on any atom is -0.371 e. The molecule has 2 aliphatic heterocycles. The molecule has 2 saturated heterocycles. The third kappa shape index (κ3) is 7.10. The summed E-state index contributed by atoms with van der Waals surface area (Å²) in [5.41, 5.74) is 5.06. The number of carbonyl (C=O) groups excluding carboxylic acids is 2. The molecule has 3 aromatic rings. The van der Waals surface area contributed by atoms with Crippen LogP contribution in [0.4, 0.5) is 28.9 Å². The molecule has 0 spiro atoms. The van der Waals surface area contributed by atoms with E-state index in [2.05, 4.69) is 23.2 Å². The number of hydrogen-bond acceptors (Lipinski definition) is 3. The molecule has 0 bridgehead atoms. The zero-order valence-corrected chi connectivity index (χ0v) is 27.8. The highest BCUT2D eigenvalue weighted by Gasteiger charge is 2.47. The van der Waals surface area contributed by atoms with E-state index in [0.29, 0.717) is 55.5 Å². The van der Waals surface area contributed by atoms with Gasteiger partial charge in [-0.05, 0) is 105 Å². The Hall–Kier alpha value is -3.88. The number of likely N-dealkylation sites (tertiary alicyclic amines) is 1.